The van der Waals surface area contributed by atoms with Gasteiger partial charge in [-0.1, -0.05) is 29.8 Å². The fourth-order valence-electron chi connectivity index (χ4n) is 2.04. The minimum absolute atomic E-state index is 0.213. The summed E-state index contributed by atoms with van der Waals surface area (Å²) in [5.74, 6) is 5.75. The van der Waals surface area contributed by atoms with Gasteiger partial charge >= 0.3 is 0 Å². The first-order valence-electron chi connectivity index (χ1n) is 6.09. The van der Waals surface area contributed by atoms with E-state index in [-0.39, 0.29) is 6.04 Å². The summed E-state index contributed by atoms with van der Waals surface area (Å²) in [5.41, 5.74) is 4.74. The van der Waals surface area contributed by atoms with E-state index in [4.69, 9.17) is 22.2 Å². The molecule has 3 N–H and O–H groups in total. The summed E-state index contributed by atoms with van der Waals surface area (Å²) in [6, 6.07) is 7.81. The average Bonchev–Trinajstić information content (AvgIpc) is 2.81. The van der Waals surface area contributed by atoms with E-state index in [1.54, 1.807) is 13.3 Å². The molecule has 1 heterocycles. The van der Waals surface area contributed by atoms with E-state index >= 15 is 0 Å². The van der Waals surface area contributed by atoms with E-state index in [0.717, 1.165) is 14.8 Å². The highest BCUT2D eigenvalue weighted by Crippen LogP contribution is 2.30. The molecule has 0 aliphatic carbocycles. The van der Waals surface area contributed by atoms with Crippen LogP contribution in [-0.4, -0.2) is 23.5 Å². The van der Waals surface area contributed by atoms with Gasteiger partial charge in [0.1, 0.15) is 0 Å². The van der Waals surface area contributed by atoms with E-state index in [2.05, 4.69) is 33.1 Å². The van der Waals surface area contributed by atoms with E-state index in [0.29, 0.717) is 18.2 Å². The van der Waals surface area contributed by atoms with Crippen LogP contribution < -0.4 is 11.3 Å². The Morgan fingerprint density at radius 2 is 2.25 bits per heavy atom. The molecule has 5 nitrogen and oxygen atoms in total. The number of benzene rings is 1. The van der Waals surface area contributed by atoms with Crippen molar-refractivity contribution in [2.75, 3.05) is 13.7 Å². The van der Waals surface area contributed by atoms with Crippen molar-refractivity contribution >= 4 is 34.2 Å². The number of hydrazine groups is 1. The summed E-state index contributed by atoms with van der Waals surface area (Å²) in [5, 5.41) is 4.87. The molecule has 0 aliphatic rings. The van der Waals surface area contributed by atoms with Gasteiger partial charge in [-0.15, -0.1) is 0 Å². The lowest BCUT2D eigenvalue weighted by Gasteiger charge is -2.20. The second kappa shape index (κ2) is 7.37. The standard InChI is InChI=1S/C13H16ClIN4O/c1-20-7-6-19-13(10(14)8-17-19)12(18-16)9-4-2-3-5-11(9)15/h2-5,8,12,18H,6-7,16H2,1H3. The average molecular weight is 407 g/mol. The summed E-state index contributed by atoms with van der Waals surface area (Å²) in [6.07, 6.45) is 1.63. The highest BCUT2D eigenvalue weighted by atomic mass is 127. The van der Waals surface area contributed by atoms with Crippen molar-refractivity contribution in [3.8, 4) is 0 Å². The van der Waals surface area contributed by atoms with Gasteiger partial charge in [0.25, 0.3) is 0 Å². The van der Waals surface area contributed by atoms with Crippen LogP contribution in [0.3, 0.4) is 0 Å². The molecule has 1 aromatic heterocycles. The van der Waals surface area contributed by atoms with Crippen molar-refractivity contribution in [2.45, 2.75) is 12.6 Å². The second-order valence-electron chi connectivity index (χ2n) is 4.21. The van der Waals surface area contributed by atoms with Crippen LogP contribution in [0.2, 0.25) is 5.02 Å². The Labute approximate surface area is 136 Å². The lowest BCUT2D eigenvalue weighted by molar-refractivity contribution is 0.182. The molecular weight excluding hydrogens is 391 g/mol. The molecule has 0 bridgehead atoms. The number of hydrogen-bond acceptors (Lipinski definition) is 4. The van der Waals surface area contributed by atoms with Crippen LogP contribution in [0.25, 0.3) is 0 Å². The minimum atomic E-state index is -0.213. The van der Waals surface area contributed by atoms with E-state index in [1.807, 2.05) is 28.9 Å². The van der Waals surface area contributed by atoms with Crippen molar-refractivity contribution in [1.29, 1.82) is 0 Å². The normalized spacial score (nSPS) is 12.6. The fraction of sp³-hybridized carbons (Fsp3) is 0.308. The molecule has 0 saturated carbocycles. The van der Waals surface area contributed by atoms with Gasteiger partial charge in [0.05, 0.1) is 36.1 Å². The third kappa shape index (κ3) is 3.32. The van der Waals surface area contributed by atoms with Crippen molar-refractivity contribution in [3.63, 3.8) is 0 Å². The zero-order valence-corrected chi connectivity index (χ0v) is 13.9. The van der Waals surface area contributed by atoms with Gasteiger partial charge in [-0.05, 0) is 34.2 Å². The first kappa shape index (κ1) is 15.7. The van der Waals surface area contributed by atoms with Crippen molar-refractivity contribution in [2.24, 2.45) is 5.84 Å². The van der Waals surface area contributed by atoms with Crippen LogP contribution in [0, 0.1) is 3.57 Å². The van der Waals surface area contributed by atoms with Gasteiger partial charge in [0.2, 0.25) is 0 Å². The van der Waals surface area contributed by atoms with Crippen LogP contribution in [-0.2, 0) is 11.3 Å². The summed E-state index contributed by atoms with van der Waals surface area (Å²) in [6.45, 7) is 1.19. The molecule has 0 amide bonds. The minimum Gasteiger partial charge on any atom is -0.383 e. The molecule has 20 heavy (non-hydrogen) atoms. The largest absolute Gasteiger partial charge is 0.383 e. The molecule has 2 rings (SSSR count). The Kier molecular flexibility index (Phi) is 5.79. The zero-order chi connectivity index (χ0) is 14.5. The second-order valence-corrected chi connectivity index (χ2v) is 5.78. The van der Waals surface area contributed by atoms with Crippen LogP contribution >= 0.6 is 34.2 Å². The molecule has 0 aliphatic heterocycles. The molecule has 1 unspecified atom stereocenters. The topological polar surface area (TPSA) is 65.1 Å². The molecule has 0 radical (unpaired) electrons. The van der Waals surface area contributed by atoms with Crippen LogP contribution in [0.1, 0.15) is 17.3 Å². The molecule has 1 atom stereocenters. The molecule has 1 aromatic carbocycles. The smallest absolute Gasteiger partial charge is 0.0903 e. The third-order valence-corrected chi connectivity index (χ3v) is 4.27. The van der Waals surface area contributed by atoms with Gasteiger partial charge in [-0.2, -0.15) is 5.10 Å². The van der Waals surface area contributed by atoms with E-state index in [1.165, 1.54) is 0 Å². The number of methoxy groups -OCH3 is 1. The summed E-state index contributed by atoms with van der Waals surface area (Å²) in [4.78, 5) is 0. The Balaban J connectivity index is 2.42. The Bertz CT molecular complexity index is 575. The molecular formula is C13H16ClIN4O. The number of nitrogens with two attached hydrogens (primary N) is 1. The lowest BCUT2D eigenvalue weighted by Crippen LogP contribution is -2.31. The molecule has 0 saturated heterocycles. The monoisotopic (exact) mass is 406 g/mol. The van der Waals surface area contributed by atoms with Gasteiger partial charge in [0, 0.05) is 10.7 Å². The number of halogens is 2. The van der Waals surface area contributed by atoms with Crippen LogP contribution in [0.4, 0.5) is 0 Å². The highest BCUT2D eigenvalue weighted by molar-refractivity contribution is 14.1. The Morgan fingerprint density at radius 1 is 1.50 bits per heavy atom. The maximum Gasteiger partial charge on any atom is 0.0903 e. The van der Waals surface area contributed by atoms with Gasteiger partial charge in [0.15, 0.2) is 0 Å². The SMILES string of the molecule is COCCn1ncc(Cl)c1C(NN)c1ccccc1I. The highest BCUT2D eigenvalue weighted by Gasteiger charge is 2.22. The Hall–Kier alpha value is -0.670. The number of ether oxygens (including phenoxy) is 1. The maximum atomic E-state index is 6.28. The zero-order valence-electron chi connectivity index (χ0n) is 11.0. The summed E-state index contributed by atoms with van der Waals surface area (Å²) in [7, 11) is 1.66. The lowest BCUT2D eigenvalue weighted by atomic mass is 10.0. The van der Waals surface area contributed by atoms with Crippen LogP contribution in [0.5, 0.6) is 0 Å². The number of hydrogen-bond donors (Lipinski definition) is 2. The summed E-state index contributed by atoms with van der Waals surface area (Å²) < 4.78 is 8.03. The fourth-order valence-corrected chi connectivity index (χ4v) is 2.99. The molecule has 108 valence electrons. The van der Waals surface area contributed by atoms with Gasteiger partial charge < -0.3 is 4.74 Å². The van der Waals surface area contributed by atoms with Crippen LogP contribution in [0.15, 0.2) is 30.5 Å². The third-order valence-electron chi connectivity index (χ3n) is 3.00. The van der Waals surface area contributed by atoms with Crippen molar-refractivity contribution in [3.05, 3.63) is 50.3 Å². The van der Waals surface area contributed by atoms with Gasteiger partial charge in [-0.3, -0.25) is 10.5 Å². The van der Waals surface area contributed by atoms with Crippen molar-refractivity contribution < 1.29 is 4.74 Å². The molecule has 2 aromatic rings. The quantitative estimate of drug-likeness (QED) is 0.439. The Morgan fingerprint density at radius 3 is 2.90 bits per heavy atom. The van der Waals surface area contributed by atoms with E-state index in [9.17, 15) is 0 Å². The molecule has 7 heteroatoms. The maximum absolute atomic E-state index is 6.28. The first-order valence-corrected chi connectivity index (χ1v) is 7.55. The number of nitrogens with one attached hydrogen (secondary N) is 1. The number of aromatic nitrogens is 2. The summed E-state index contributed by atoms with van der Waals surface area (Å²) >= 11 is 8.56. The predicted octanol–water partition coefficient (Wildman–Crippen LogP) is 2.34. The van der Waals surface area contributed by atoms with Gasteiger partial charge in [-0.25, -0.2) is 5.43 Å². The molecule has 0 fully saturated rings. The molecule has 0 spiro atoms. The predicted molar refractivity (Wildman–Crippen MR) is 87.4 cm³/mol. The first-order chi connectivity index (χ1) is 9.69. The van der Waals surface area contributed by atoms with Crippen molar-refractivity contribution in [1.82, 2.24) is 15.2 Å². The number of nitrogens with zero attached hydrogens (tertiary/aromatic N) is 2. The number of rotatable bonds is 6. The van der Waals surface area contributed by atoms with E-state index < -0.39 is 0 Å².